The van der Waals surface area contributed by atoms with Gasteiger partial charge in [-0.3, -0.25) is 0 Å². The second-order valence-corrected chi connectivity index (χ2v) is 5.42. The molecule has 1 aromatic carbocycles. The highest BCUT2D eigenvalue weighted by molar-refractivity contribution is 7.09. The zero-order chi connectivity index (χ0) is 12.8. The third kappa shape index (κ3) is 3.57. The molecule has 0 aliphatic rings. The lowest BCUT2D eigenvalue weighted by atomic mass is 10.1. The van der Waals surface area contributed by atoms with Gasteiger partial charge in [-0.15, -0.1) is 11.3 Å². The maximum atomic E-state index is 4.69. The number of nitrogens with one attached hydrogen (secondary N) is 1. The minimum Gasteiger partial charge on any atom is -0.385 e. The molecular formula is C15H20N2S. The minimum atomic E-state index is 0.589. The summed E-state index contributed by atoms with van der Waals surface area (Å²) in [6, 6.07) is 10.3. The molecule has 2 aromatic rings. The van der Waals surface area contributed by atoms with E-state index in [9.17, 15) is 0 Å². The van der Waals surface area contributed by atoms with Crippen molar-refractivity contribution in [1.29, 1.82) is 0 Å². The highest BCUT2D eigenvalue weighted by atomic mass is 32.1. The van der Waals surface area contributed by atoms with Gasteiger partial charge in [0.2, 0.25) is 0 Å². The van der Waals surface area contributed by atoms with Gasteiger partial charge < -0.3 is 5.32 Å². The molecule has 0 spiro atoms. The molecule has 0 saturated heterocycles. The van der Waals surface area contributed by atoms with Crippen LogP contribution in [0.1, 0.15) is 36.9 Å². The van der Waals surface area contributed by atoms with Gasteiger partial charge >= 0.3 is 0 Å². The van der Waals surface area contributed by atoms with Gasteiger partial charge in [-0.05, 0) is 18.6 Å². The Hall–Kier alpha value is -1.35. The van der Waals surface area contributed by atoms with Gasteiger partial charge in [-0.1, -0.05) is 32.0 Å². The molecule has 2 rings (SSSR count). The number of nitrogens with zero attached hydrogens (tertiary/aromatic N) is 1. The summed E-state index contributed by atoms with van der Waals surface area (Å²) in [5.74, 6) is 0.589. The van der Waals surface area contributed by atoms with E-state index in [4.69, 9.17) is 4.98 Å². The van der Waals surface area contributed by atoms with Gasteiger partial charge in [0.25, 0.3) is 0 Å². The lowest BCUT2D eigenvalue weighted by Crippen LogP contribution is -2.05. The second kappa shape index (κ2) is 6.55. The monoisotopic (exact) mass is 260 g/mol. The molecule has 1 N–H and O–H groups in total. The van der Waals surface area contributed by atoms with Crippen LogP contribution in [0.5, 0.6) is 0 Å². The van der Waals surface area contributed by atoms with E-state index in [1.807, 2.05) is 18.2 Å². The average molecular weight is 260 g/mol. The van der Waals surface area contributed by atoms with E-state index in [0.29, 0.717) is 5.92 Å². The van der Waals surface area contributed by atoms with Gasteiger partial charge in [-0.2, -0.15) is 0 Å². The van der Waals surface area contributed by atoms with Gasteiger partial charge in [0, 0.05) is 30.0 Å². The number of rotatable bonds is 6. The lowest BCUT2D eigenvalue weighted by molar-refractivity contribution is 0.721. The van der Waals surface area contributed by atoms with E-state index >= 15 is 0 Å². The quantitative estimate of drug-likeness (QED) is 0.837. The van der Waals surface area contributed by atoms with Crippen LogP contribution in [0.2, 0.25) is 0 Å². The Balaban J connectivity index is 1.82. The zero-order valence-corrected chi connectivity index (χ0v) is 11.8. The summed E-state index contributed by atoms with van der Waals surface area (Å²) in [5.41, 5.74) is 2.38. The molecule has 0 aliphatic heterocycles. The molecule has 1 heterocycles. The molecule has 0 fully saturated rings. The highest BCUT2D eigenvalue weighted by Crippen LogP contribution is 2.22. The van der Waals surface area contributed by atoms with E-state index in [0.717, 1.165) is 19.4 Å². The smallest absolute Gasteiger partial charge is 0.0956 e. The molecule has 1 aromatic heterocycles. The van der Waals surface area contributed by atoms with Crippen molar-refractivity contribution in [3.05, 3.63) is 46.4 Å². The van der Waals surface area contributed by atoms with Gasteiger partial charge in [0.1, 0.15) is 0 Å². The fraction of sp³-hybridized carbons (Fsp3) is 0.400. The van der Waals surface area contributed by atoms with E-state index in [-0.39, 0.29) is 0 Å². The van der Waals surface area contributed by atoms with E-state index in [2.05, 4.69) is 36.7 Å². The maximum Gasteiger partial charge on any atom is 0.0956 e. The van der Waals surface area contributed by atoms with Crippen LogP contribution in [0.3, 0.4) is 0 Å². The third-order valence-corrected chi connectivity index (χ3v) is 4.21. The standard InChI is InChI=1S/C15H20N2S/c1-3-12(2)15-17-14(11-18-15)9-10-16-13-7-5-4-6-8-13/h4-8,11-12,16H,3,9-10H2,1-2H3. The molecule has 18 heavy (non-hydrogen) atoms. The summed E-state index contributed by atoms with van der Waals surface area (Å²) in [5, 5.41) is 6.87. The Kier molecular flexibility index (Phi) is 4.76. The number of hydrogen-bond acceptors (Lipinski definition) is 3. The summed E-state index contributed by atoms with van der Waals surface area (Å²) in [7, 11) is 0. The molecule has 0 saturated carbocycles. The van der Waals surface area contributed by atoms with Crippen LogP contribution in [0.4, 0.5) is 5.69 Å². The SMILES string of the molecule is CCC(C)c1nc(CCNc2ccccc2)cs1. The molecule has 96 valence electrons. The topological polar surface area (TPSA) is 24.9 Å². The summed E-state index contributed by atoms with van der Waals surface area (Å²) in [6.45, 7) is 5.39. The van der Waals surface area contributed by atoms with Crippen molar-refractivity contribution in [1.82, 2.24) is 4.98 Å². The first-order chi connectivity index (χ1) is 8.79. The molecule has 0 amide bonds. The van der Waals surface area contributed by atoms with Crippen molar-refractivity contribution in [2.24, 2.45) is 0 Å². The average Bonchev–Trinajstić information content (AvgIpc) is 2.88. The van der Waals surface area contributed by atoms with Crippen LogP contribution < -0.4 is 5.32 Å². The fourth-order valence-corrected chi connectivity index (χ4v) is 2.73. The van der Waals surface area contributed by atoms with E-state index < -0.39 is 0 Å². The summed E-state index contributed by atoms with van der Waals surface area (Å²) in [4.78, 5) is 4.69. The van der Waals surface area contributed by atoms with Crippen LogP contribution in [0.15, 0.2) is 35.7 Å². The first-order valence-electron chi connectivity index (χ1n) is 6.52. The second-order valence-electron chi connectivity index (χ2n) is 4.53. The summed E-state index contributed by atoms with van der Waals surface area (Å²) >= 11 is 1.79. The van der Waals surface area contributed by atoms with Crippen molar-refractivity contribution in [3.8, 4) is 0 Å². The van der Waals surface area contributed by atoms with Crippen LogP contribution in [0.25, 0.3) is 0 Å². The molecule has 1 unspecified atom stereocenters. The van der Waals surface area contributed by atoms with E-state index in [1.165, 1.54) is 16.4 Å². The highest BCUT2D eigenvalue weighted by Gasteiger charge is 2.07. The number of para-hydroxylation sites is 1. The van der Waals surface area contributed by atoms with Crippen LogP contribution in [0, 0.1) is 0 Å². The first kappa shape index (κ1) is 13.1. The third-order valence-electron chi connectivity index (χ3n) is 3.09. The lowest BCUT2D eigenvalue weighted by Gasteiger charge is -2.04. The normalized spacial score (nSPS) is 12.3. The van der Waals surface area contributed by atoms with Crippen molar-refractivity contribution >= 4 is 17.0 Å². The summed E-state index contributed by atoms with van der Waals surface area (Å²) < 4.78 is 0. The number of hydrogen-bond donors (Lipinski definition) is 1. The Morgan fingerprint density at radius 1 is 1.28 bits per heavy atom. The van der Waals surface area contributed by atoms with Crippen LogP contribution in [-0.2, 0) is 6.42 Å². The predicted octanol–water partition coefficient (Wildman–Crippen LogP) is 4.31. The number of thiazole rings is 1. The van der Waals surface area contributed by atoms with Crippen LogP contribution >= 0.6 is 11.3 Å². The van der Waals surface area contributed by atoms with Gasteiger partial charge in [0.05, 0.1) is 10.7 Å². The van der Waals surface area contributed by atoms with Gasteiger partial charge in [-0.25, -0.2) is 4.98 Å². The maximum absolute atomic E-state index is 4.69. The van der Waals surface area contributed by atoms with Crippen molar-refractivity contribution in [2.75, 3.05) is 11.9 Å². The zero-order valence-electron chi connectivity index (χ0n) is 11.0. The molecule has 2 nitrogen and oxygen atoms in total. The number of benzene rings is 1. The first-order valence-corrected chi connectivity index (χ1v) is 7.40. The molecule has 0 bridgehead atoms. The molecule has 0 radical (unpaired) electrons. The van der Waals surface area contributed by atoms with Crippen LogP contribution in [-0.4, -0.2) is 11.5 Å². The van der Waals surface area contributed by atoms with Crippen molar-refractivity contribution in [3.63, 3.8) is 0 Å². The molecule has 3 heteroatoms. The van der Waals surface area contributed by atoms with Crippen molar-refractivity contribution in [2.45, 2.75) is 32.6 Å². The predicted molar refractivity (Wildman–Crippen MR) is 79.5 cm³/mol. The minimum absolute atomic E-state index is 0.589. The van der Waals surface area contributed by atoms with E-state index in [1.54, 1.807) is 11.3 Å². The number of anilines is 1. The number of aromatic nitrogens is 1. The molecule has 0 aliphatic carbocycles. The molecule has 1 atom stereocenters. The fourth-order valence-electron chi connectivity index (χ4n) is 1.73. The Bertz CT molecular complexity index is 464. The Morgan fingerprint density at radius 3 is 2.78 bits per heavy atom. The summed E-state index contributed by atoms with van der Waals surface area (Å²) in [6.07, 6.45) is 2.15. The molecular weight excluding hydrogens is 240 g/mol. The Labute approximate surface area is 113 Å². The van der Waals surface area contributed by atoms with Gasteiger partial charge in [0.15, 0.2) is 0 Å². The largest absolute Gasteiger partial charge is 0.385 e. The Morgan fingerprint density at radius 2 is 2.06 bits per heavy atom. The van der Waals surface area contributed by atoms with Crippen molar-refractivity contribution < 1.29 is 0 Å².